The monoisotopic (exact) mass is 337 g/mol. The maximum atomic E-state index is 2.42. The number of nitrogens with zero attached hydrogens (tertiary/aromatic N) is 1. The molecule has 0 N–H and O–H groups in total. The molecule has 0 saturated carbocycles. The maximum Gasteiger partial charge on any atom is 0.0485 e. The van der Waals surface area contributed by atoms with Crippen LogP contribution in [0, 0.1) is 11.8 Å². The summed E-state index contributed by atoms with van der Waals surface area (Å²) in [5.74, 6) is 1.21. The summed E-state index contributed by atoms with van der Waals surface area (Å²) in [6.07, 6.45) is 16.1. The average Bonchev–Trinajstić information content (AvgIpc) is 3.01. The van der Waals surface area contributed by atoms with E-state index in [1.165, 1.54) is 33.3 Å². The van der Waals surface area contributed by atoms with Gasteiger partial charge in [-0.15, -0.1) is 0 Å². The fourth-order valence-corrected chi connectivity index (χ4v) is 4.51. The van der Waals surface area contributed by atoms with Gasteiger partial charge in [0, 0.05) is 23.6 Å². The first-order chi connectivity index (χ1) is 12.8. The molecule has 2 aromatic carbocycles. The number of aromatic nitrogens is 1. The van der Waals surface area contributed by atoms with Gasteiger partial charge < -0.3 is 4.57 Å². The number of hydrogen-bond acceptors (Lipinski definition) is 0. The van der Waals surface area contributed by atoms with Crippen molar-refractivity contribution in [1.29, 1.82) is 0 Å². The van der Waals surface area contributed by atoms with Crippen LogP contribution in [-0.2, 0) is 13.5 Å². The molecule has 128 valence electrons. The SMILES string of the molecule is Cn1c2c(c3cc(-c4ccccc4)ccc31)CC(C1C=CC=CC1)C=C2. The predicted octanol–water partition coefficient (Wildman–Crippen LogP) is 6.16. The van der Waals surface area contributed by atoms with Crippen molar-refractivity contribution in [3.05, 3.63) is 90.2 Å². The molecule has 3 aromatic rings. The summed E-state index contributed by atoms with van der Waals surface area (Å²) in [6, 6.07) is 17.6. The molecular formula is C25H23N. The van der Waals surface area contributed by atoms with E-state index in [0.717, 1.165) is 12.8 Å². The Morgan fingerprint density at radius 2 is 1.77 bits per heavy atom. The highest BCUT2D eigenvalue weighted by Crippen LogP contribution is 2.38. The number of allylic oxidation sites excluding steroid dienone is 5. The van der Waals surface area contributed by atoms with Crippen molar-refractivity contribution < 1.29 is 0 Å². The Morgan fingerprint density at radius 1 is 0.885 bits per heavy atom. The van der Waals surface area contributed by atoms with Crippen molar-refractivity contribution in [3.63, 3.8) is 0 Å². The summed E-state index contributed by atoms with van der Waals surface area (Å²) in [5.41, 5.74) is 6.81. The van der Waals surface area contributed by atoms with Crippen molar-refractivity contribution in [2.75, 3.05) is 0 Å². The summed E-state index contributed by atoms with van der Waals surface area (Å²) < 4.78 is 2.35. The zero-order valence-electron chi connectivity index (χ0n) is 15.1. The highest BCUT2D eigenvalue weighted by atomic mass is 14.9. The summed E-state index contributed by atoms with van der Waals surface area (Å²) in [4.78, 5) is 0. The summed E-state index contributed by atoms with van der Waals surface area (Å²) in [5, 5.41) is 1.41. The minimum absolute atomic E-state index is 0.592. The Balaban J connectivity index is 1.60. The standard InChI is InChI=1S/C25H23N/c1-26-24-14-12-20(18-8-4-2-5-9-18)16-22(24)23-17-21(13-15-25(23)26)19-10-6-3-7-11-19/h2-10,12-16,19,21H,11,17H2,1H3. The number of benzene rings is 2. The first kappa shape index (κ1) is 15.5. The Labute approximate surface area is 155 Å². The van der Waals surface area contributed by atoms with Crippen LogP contribution in [0.4, 0.5) is 0 Å². The van der Waals surface area contributed by atoms with Crippen LogP contribution >= 0.6 is 0 Å². The van der Waals surface area contributed by atoms with Gasteiger partial charge in [-0.2, -0.15) is 0 Å². The molecule has 26 heavy (non-hydrogen) atoms. The summed E-state index contributed by atoms with van der Waals surface area (Å²) >= 11 is 0. The van der Waals surface area contributed by atoms with Crippen LogP contribution in [0.15, 0.2) is 78.9 Å². The smallest absolute Gasteiger partial charge is 0.0485 e. The first-order valence-electron chi connectivity index (χ1n) is 9.49. The maximum absolute atomic E-state index is 2.42. The number of hydrogen-bond donors (Lipinski definition) is 0. The van der Waals surface area contributed by atoms with Crippen molar-refractivity contribution in [2.45, 2.75) is 12.8 Å². The van der Waals surface area contributed by atoms with E-state index < -0.39 is 0 Å². The summed E-state index contributed by atoms with van der Waals surface area (Å²) in [6.45, 7) is 0. The zero-order chi connectivity index (χ0) is 17.5. The molecule has 2 aliphatic rings. The van der Waals surface area contributed by atoms with E-state index in [4.69, 9.17) is 0 Å². The van der Waals surface area contributed by atoms with Gasteiger partial charge in [0.15, 0.2) is 0 Å². The highest BCUT2D eigenvalue weighted by Gasteiger charge is 2.25. The third-order valence-electron chi connectivity index (χ3n) is 5.97. The molecule has 1 nitrogen and oxygen atoms in total. The molecule has 5 rings (SSSR count). The van der Waals surface area contributed by atoms with Crippen LogP contribution in [0.1, 0.15) is 17.7 Å². The molecule has 1 heterocycles. The van der Waals surface area contributed by atoms with Gasteiger partial charge >= 0.3 is 0 Å². The van der Waals surface area contributed by atoms with E-state index in [9.17, 15) is 0 Å². The molecule has 0 radical (unpaired) electrons. The Kier molecular flexibility index (Phi) is 3.67. The van der Waals surface area contributed by atoms with Gasteiger partial charge in [0.2, 0.25) is 0 Å². The molecule has 0 amide bonds. The molecule has 0 saturated heterocycles. The Bertz CT molecular complexity index is 1050. The second kappa shape index (κ2) is 6.17. The molecule has 0 fully saturated rings. The second-order valence-corrected chi connectivity index (χ2v) is 7.46. The van der Waals surface area contributed by atoms with Gasteiger partial charge in [0.1, 0.15) is 0 Å². The first-order valence-corrected chi connectivity index (χ1v) is 9.49. The van der Waals surface area contributed by atoms with Gasteiger partial charge in [0.05, 0.1) is 0 Å². The predicted molar refractivity (Wildman–Crippen MR) is 111 cm³/mol. The minimum atomic E-state index is 0.592. The fraction of sp³-hybridized carbons (Fsp3) is 0.200. The van der Waals surface area contributed by atoms with Gasteiger partial charge in [-0.1, -0.05) is 66.8 Å². The number of fused-ring (bicyclic) bond motifs is 3. The fourth-order valence-electron chi connectivity index (χ4n) is 4.51. The van der Waals surface area contributed by atoms with Gasteiger partial charge in [-0.25, -0.2) is 0 Å². The van der Waals surface area contributed by atoms with E-state index in [1.54, 1.807) is 0 Å². The van der Waals surface area contributed by atoms with Gasteiger partial charge in [-0.05, 0) is 59.6 Å². The average molecular weight is 337 g/mol. The lowest BCUT2D eigenvalue weighted by Gasteiger charge is -2.25. The van der Waals surface area contributed by atoms with Crippen LogP contribution in [0.5, 0.6) is 0 Å². The Hall–Kier alpha value is -2.80. The largest absolute Gasteiger partial charge is 0.344 e. The number of rotatable bonds is 2. The second-order valence-electron chi connectivity index (χ2n) is 7.46. The van der Waals surface area contributed by atoms with E-state index >= 15 is 0 Å². The van der Waals surface area contributed by atoms with Crippen LogP contribution < -0.4 is 0 Å². The van der Waals surface area contributed by atoms with Gasteiger partial charge in [0.25, 0.3) is 0 Å². The van der Waals surface area contributed by atoms with Crippen molar-refractivity contribution in [1.82, 2.24) is 4.57 Å². The van der Waals surface area contributed by atoms with Crippen molar-refractivity contribution in [3.8, 4) is 11.1 Å². The van der Waals surface area contributed by atoms with Crippen molar-refractivity contribution >= 4 is 17.0 Å². The van der Waals surface area contributed by atoms with Crippen LogP contribution in [0.3, 0.4) is 0 Å². The minimum Gasteiger partial charge on any atom is -0.344 e. The molecule has 2 aliphatic carbocycles. The van der Waals surface area contributed by atoms with E-state index in [1.807, 2.05) is 0 Å². The van der Waals surface area contributed by atoms with E-state index in [0.29, 0.717) is 11.8 Å². The molecule has 0 bridgehead atoms. The number of aryl methyl sites for hydroxylation is 1. The highest BCUT2D eigenvalue weighted by molar-refractivity contribution is 5.92. The molecular weight excluding hydrogens is 314 g/mol. The molecule has 0 aliphatic heterocycles. The summed E-state index contributed by atoms with van der Waals surface area (Å²) in [7, 11) is 2.19. The zero-order valence-corrected chi connectivity index (χ0v) is 15.1. The lowest BCUT2D eigenvalue weighted by molar-refractivity contribution is 0.472. The van der Waals surface area contributed by atoms with Gasteiger partial charge in [-0.3, -0.25) is 0 Å². The van der Waals surface area contributed by atoms with Crippen LogP contribution in [0.25, 0.3) is 28.1 Å². The third kappa shape index (κ3) is 2.47. The third-order valence-corrected chi connectivity index (χ3v) is 5.97. The molecule has 1 aromatic heterocycles. The van der Waals surface area contributed by atoms with E-state index in [-0.39, 0.29) is 0 Å². The van der Waals surface area contributed by atoms with Crippen molar-refractivity contribution in [2.24, 2.45) is 18.9 Å². The molecule has 2 unspecified atom stereocenters. The molecule has 1 heteroatoms. The molecule has 0 spiro atoms. The lowest BCUT2D eigenvalue weighted by atomic mass is 9.79. The topological polar surface area (TPSA) is 4.93 Å². The normalized spacial score (nSPS) is 21.3. The Morgan fingerprint density at radius 3 is 2.58 bits per heavy atom. The lowest BCUT2D eigenvalue weighted by Crippen LogP contribution is -2.17. The van der Waals surface area contributed by atoms with Crippen LogP contribution in [0.2, 0.25) is 0 Å². The van der Waals surface area contributed by atoms with Crippen LogP contribution in [-0.4, -0.2) is 4.57 Å². The quantitative estimate of drug-likeness (QED) is 0.527. The van der Waals surface area contributed by atoms with E-state index in [2.05, 4.69) is 96.6 Å². The molecule has 2 atom stereocenters.